The molecule has 1 fully saturated rings. The second-order valence-electron chi connectivity index (χ2n) is 5.31. The average molecular weight is 259 g/mol. The van der Waals surface area contributed by atoms with E-state index in [9.17, 15) is 0 Å². The molecule has 5 nitrogen and oxygen atoms in total. The minimum absolute atomic E-state index is 0.550. The lowest BCUT2D eigenvalue weighted by molar-refractivity contribution is 0.393. The van der Waals surface area contributed by atoms with Crippen molar-refractivity contribution in [2.75, 3.05) is 0 Å². The molecule has 3 rings (SSSR count). The molecule has 0 bridgehead atoms. The van der Waals surface area contributed by atoms with E-state index in [1.54, 1.807) is 0 Å². The van der Waals surface area contributed by atoms with Crippen LogP contribution in [0.1, 0.15) is 43.5 Å². The molecule has 0 spiro atoms. The van der Waals surface area contributed by atoms with Crippen LogP contribution in [-0.2, 0) is 0 Å². The maximum atomic E-state index is 5.29. The minimum Gasteiger partial charge on any atom is -0.361 e. The predicted octanol–water partition coefficient (Wildman–Crippen LogP) is 3.54. The van der Waals surface area contributed by atoms with Crippen LogP contribution in [0, 0.1) is 19.8 Å². The minimum atomic E-state index is 0.550. The molecular weight excluding hydrogens is 242 g/mol. The van der Waals surface area contributed by atoms with Crippen LogP contribution in [0.5, 0.6) is 0 Å². The second-order valence-corrected chi connectivity index (χ2v) is 5.31. The molecule has 0 amide bonds. The van der Waals surface area contributed by atoms with Gasteiger partial charge in [-0.05, 0) is 39.0 Å². The Labute approximate surface area is 111 Å². The van der Waals surface area contributed by atoms with Gasteiger partial charge in [0.1, 0.15) is 5.76 Å². The van der Waals surface area contributed by atoms with Crippen LogP contribution in [-0.4, -0.2) is 15.3 Å². The third-order valence-corrected chi connectivity index (χ3v) is 3.60. The van der Waals surface area contributed by atoms with Gasteiger partial charge in [0.2, 0.25) is 5.82 Å². The molecule has 100 valence electrons. The molecule has 0 aromatic carbocycles. The van der Waals surface area contributed by atoms with Gasteiger partial charge < -0.3 is 9.05 Å². The van der Waals surface area contributed by atoms with E-state index in [2.05, 4.69) is 22.2 Å². The van der Waals surface area contributed by atoms with Gasteiger partial charge in [0.25, 0.3) is 5.89 Å². The fourth-order valence-electron chi connectivity index (χ4n) is 2.59. The van der Waals surface area contributed by atoms with Crippen LogP contribution in [0.15, 0.2) is 14.6 Å². The van der Waals surface area contributed by atoms with E-state index in [0.717, 1.165) is 30.0 Å². The quantitative estimate of drug-likeness (QED) is 0.825. The first kappa shape index (κ1) is 12.1. The summed E-state index contributed by atoms with van der Waals surface area (Å²) in [5.41, 5.74) is 3.00. The average Bonchev–Trinajstić information content (AvgIpc) is 3.04. The summed E-state index contributed by atoms with van der Waals surface area (Å²) in [5.74, 6) is 2.59. The molecule has 2 aromatic heterocycles. The third kappa shape index (κ3) is 2.32. The molecule has 1 aliphatic rings. The van der Waals surface area contributed by atoms with E-state index in [4.69, 9.17) is 9.05 Å². The monoisotopic (exact) mass is 259 g/mol. The highest BCUT2D eigenvalue weighted by molar-refractivity contribution is 5.60. The number of aromatic nitrogens is 3. The summed E-state index contributed by atoms with van der Waals surface area (Å²) >= 11 is 0. The van der Waals surface area contributed by atoms with Crippen molar-refractivity contribution in [2.45, 2.75) is 40.0 Å². The van der Waals surface area contributed by atoms with Crippen molar-refractivity contribution in [1.82, 2.24) is 15.3 Å². The van der Waals surface area contributed by atoms with E-state index in [1.807, 2.05) is 19.9 Å². The van der Waals surface area contributed by atoms with Crippen molar-refractivity contribution in [3.05, 3.63) is 22.9 Å². The van der Waals surface area contributed by atoms with Crippen LogP contribution in [0.3, 0.4) is 0 Å². The van der Waals surface area contributed by atoms with Crippen LogP contribution in [0.4, 0.5) is 0 Å². The lowest BCUT2D eigenvalue weighted by Gasteiger charge is -1.94. The number of nitrogens with zero attached hydrogens (tertiary/aromatic N) is 3. The summed E-state index contributed by atoms with van der Waals surface area (Å²) in [6, 6.07) is 0. The van der Waals surface area contributed by atoms with E-state index >= 15 is 0 Å². The van der Waals surface area contributed by atoms with Gasteiger partial charge in [-0.25, -0.2) is 0 Å². The Balaban J connectivity index is 1.88. The molecule has 2 aromatic rings. The topological polar surface area (TPSA) is 65.0 Å². The Hall–Kier alpha value is -1.91. The standard InChI is InChI=1S/C14H17N3O2/c1-8-4-5-11(6-8)7-12-15-14(17-19-12)13-9(2)16-18-10(13)3/h7-8H,4-6H2,1-3H3/t8-/m0/s1. The van der Waals surface area contributed by atoms with E-state index < -0.39 is 0 Å². The third-order valence-electron chi connectivity index (χ3n) is 3.60. The van der Waals surface area contributed by atoms with Gasteiger partial charge in [-0.15, -0.1) is 0 Å². The van der Waals surface area contributed by atoms with Gasteiger partial charge in [-0.1, -0.05) is 22.8 Å². The molecule has 5 heteroatoms. The summed E-state index contributed by atoms with van der Waals surface area (Å²) in [6.45, 7) is 5.99. The summed E-state index contributed by atoms with van der Waals surface area (Å²) in [6.07, 6.45) is 5.52. The second kappa shape index (κ2) is 4.64. The summed E-state index contributed by atoms with van der Waals surface area (Å²) in [4.78, 5) is 4.41. The molecular formula is C14H17N3O2. The zero-order valence-corrected chi connectivity index (χ0v) is 11.4. The summed E-state index contributed by atoms with van der Waals surface area (Å²) < 4.78 is 10.4. The first-order chi connectivity index (χ1) is 9.13. The van der Waals surface area contributed by atoms with Crippen molar-refractivity contribution in [2.24, 2.45) is 5.92 Å². The van der Waals surface area contributed by atoms with Crippen LogP contribution >= 0.6 is 0 Å². The molecule has 0 unspecified atom stereocenters. The van der Waals surface area contributed by atoms with Gasteiger partial charge in [-0.2, -0.15) is 4.98 Å². The predicted molar refractivity (Wildman–Crippen MR) is 70.3 cm³/mol. The van der Waals surface area contributed by atoms with Gasteiger partial charge in [0.15, 0.2) is 0 Å². The fourth-order valence-corrected chi connectivity index (χ4v) is 2.59. The highest BCUT2D eigenvalue weighted by Crippen LogP contribution is 2.31. The zero-order valence-electron chi connectivity index (χ0n) is 11.4. The number of aryl methyl sites for hydroxylation is 2. The van der Waals surface area contributed by atoms with Crippen LogP contribution in [0.2, 0.25) is 0 Å². The maximum absolute atomic E-state index is 5.29. The molecule has 1 saturated carbocycles. The first-order valence-electron chi connectivity index (χ1n) is 6.60. The Morgan fingerprint density at radius 1 is 1.21 bits per heavy atom. The molecule has 1 aliphatic carbocycles. The molecule has 0 N–H and O–H groups in total. The summed E-state index contributed by atoms with van der Waals surface area (Å²) in [5, 5.41) is 7.91. The highest BCUT2D eigenvalue weighted by atomic mass is 16.5. The van der Waals surface area contributed by atoms with E-state index in [0.29, 0.717) is 17.5 Å². The fraction of sp³-hybridized carbons (Fsp3) is 0.500. The SMILES string of the molecule is Cc1noc(C)c1-c1noc(C=C2CC[C@H](C)C2)n1. The van der Waals surface area contributed by atoms with E-state index in [1.165, 1.54) is 12.0 Å². The number of allylic oxidation sites excluding steroid dienone is 1. The Morgan fingerprint density at radius 2 is 2.05 bits per heavy atom. The highest BCUT2D eigenvalue weighted by Gasteiger charge is 2.19. The largest absolute Gasteiger partial charge is 0.361 e. The zero-order chi connectivity index (χ0) is 13.4. The molecule has 2 heterocycles. The van der Waals surface area contributed by atoms with Gasteiger partial charge >= 0.3 is 0 Å². The molecule has 0 aliphatic heterocycles. The van der Waals surface area contributed by atoms with Crippen molar-refractivity contribution in [3.63, 3.8) is 0 Å². The Kier molecular flexibility index (Phi) is 2.97. The van der Waals surface area contributed by atoms with Crippen LogP contribution in [0.25, 0.3) is 17.5 Å². The lowest BCUT2D eigenvalue weighted by Crippen LogP contribution is -1.84. The van der Waals surface area contributed by atoms with Crippen molar-refractivity contribution in [1.29, 1.82) is 0 Å². The maximum Gasteiger partial charge on any atom is 0.250 e. The van der Waals surface area contributed by atoms with Crippen molar-refractivity contribution in [3.8, 4) is 11.4 Å². The Bertz CT molecular complexity index is 605. The lowest BCUT2D eigenvalue weighted by atomic mass is 10.1. The molecule has 1 atom stereocenters. The Morgan fingerprint density at radius 3 is 2.68 bits per heavy atom. The van der Waals surface area contributed by atoms with Crippen molar-refractivity contribution < 1.29 is 9.05 Å². The van der Waals surface area contributed by atoms with Gasteiger partial charge in [-0.3, -0.25) is 0 Å². The smallest absolute Gasteiger partial charge is 0.250 e. The normalized spacial score (nSPS) is 21.4. The van der Waals surface area contributed by atoms with Gasteiger partial charge in [0.05, 0.1) is 11.3 Å². The molecule has 0 saturated heterocycles. The van der Waals surface area contributed by atoms with Crippen LogP contribution < -0.4 is 0 Å². The van der Waals surface area contributed by atoms with E-state index in [-0.39, 0.29) is 0 Å². The molecule has 19 heavy (non-hydrogen) atoms. The number of rotatable bonds is 2. The van der Waals surface area contributed by atoms with Crippen molar-refractivity contribution >= 4 is 6.08 Å². The van der Waals surface area contributed by atoms with Gasteiger partial charge in [0, 0.05) is 6.08 Å². The molecule has 0 radical (unpaired) electrons. The number of hydrogen-bond acceptors (Lipinski definition) is 5. The first-order valence-corrected chi connectivity index (χ1v) is 6.60. The number of hydrogen-bond donors (Lipinski definition) is 0. The summed E-state index contributed by atoms with van der Waals surface area (Å²) in [7, 11) is 0.